The molecular formula is C13H11F2NO2S. The lowest BCUT2D eigenvalue weighted by Gasteiger charge is -2.19. The van der Waals surface area contributed by atoms with Crippen LogP contribution in [0, 0.1) is 11.6 Å². The highest BCUT2D eigenvalue weighted by molar-refractivity contribution is 7.92. The number of hydrogen-bond donors (Lipinski definition) is 0. The van der Waals surface area contributed by atoms with Gasteiger partial charge in [-0.1, -0.05) is 6.07 Å². The second-order valence-electron chi connectivity index (χ2n) is 3.91. The quantitative estimate of drug-likeness (QED) is 0.868. The first-order valence-electron chi connectivity index (χ1n) is 5.41. The summed E-state index contributed by atoms with van der Waals surface area (Å²) in [6.07, 6.45) is 0. The van der Waals surface area contributed by atoms with E-state index in [0.29, 0.717) is 0 Å². The van der Waals surface area contributed by atoms with E-state index in [-0.39, 0.29) is 10.6 Å². The van der Waals surface area contributed by atoms with Crippen molar-refractivity contribution in [2.75, 3.05) is 11.4 Å². The molecule has 0 aliphatic heterocycles. The maximum Gasteiger partial charge on any atom is 0.264 e. The van der Waals surface area contributed by atoms with Crippen molar-refractivity contribution in [2.45, 2.75) is 4.90 Å². The Bertz CT molecular complexity index is 684. The summed E-state index contributed by atoms with van der Waals surface area (Å²) < 4.78 is 51.3. The molecule has 0 unspecified atom stereocenters. The zero-order valence-corrected chi connectivity index (χ0v) is 10.9. The molecule has 6 heteroatoms. The van der Waals surface area contributed by atoms with Gasteiger partial charge in [0, 0.05) is 7.05 Å². The minimum Gasteiger partial charge on any atom is -0.269 e. The van der Waals surface area contributed by atoms with Crippen LogP contribution in [-0.2, 0) is 10.0 Å². The van der Waals surface area contributed by atoms with E-state index in [0.717, 1.165) is 22.5 Å². The van der Waals surface area contributed by atoms with Crippen molar-refractivity contribution < 1.29 is 17.2 Å². The highest BCUT2D eigenvalue weighted by Gasteiger charge is 2.21. The van der Waals surface area contributed by atoms with Crippen molar-refractivity contribution in [2.24, 2.45) is 0 Å². The fourth-order valence-electron chi connectivity index (χ4n) is 1.58. The first kappa shape index (κ1) is 13.5. The van der Waals surface area contributed by atoms with Gasteiger partial charge in [0.15, 0.2) is 0 Å². The summed E-state index contributed by atoms with van der Waals surface area (Å²) in [5.74, 6) is -1.05. The number of rotatable bonds is 3. The molecule has 2 rings (SSSR count). The van der Waals surface area contributed by atoms with Crippen LogP contribution in [0.4, 0.5) is 14.5 Å². The van der Waals surface area contributed by atoms with Crippen LogP contribution in [0.1, 0.15) is 0 Å². The van der Waals surface area contributed by atoms with Crippen molar-refractivity contribution in [3.05, 3.63) is 60.2 Å². The van der Waals surface area contributed by atoms with Crippen molar-refractivity contribution in [1.29, 1.82) is 0 Å². The Balaban J connectivity index is 2.42. The fraction of sp³-hybridized carbons (Fsp3) is 0.0769. The number of hydrogen-bond acceptors (Lipinski definition) is 2. The van der Waals surface area contributed by atoms with Gasteiger partial charge in [0.25, 0.3) is 10.0 Å². The van der Waals surface area contributed by atoms with Gasteiger partial charge >= 0.3 is 0 Å². The van der Waals surface area contributed by atoms with Gasteiger partial charge < -0.3 is 0 Å². The molecule has 2 aromatic rings. The summed E-state index contributed by atoms with van der Waals surface area (Å²) in [6, 6.07) is 9.69. The molecule has 19 heavy (non-hydrogen) atoms. The number of nitrogens with zero attached hydrogens (tertiary/aromatic N) is 1. The van der Waals surface area contributed by atoms with Crippen LogP contribution in [0.5, 0.6) is 0 Å². The minimum absolute atomic E-state index is 0.0549. The zero-order valence-electron chi connectivity index (χ0n) is 10.0. The first-order chi connectivity index (χ1) is 8.91. The minimum atomic E-state index is -3.83. The van der Waals surface area contributed by atoms with Gasteiger partial charge in [-0.15, -0.1) is 0 Å². The van der Waals surface area contributed by atoms with Crippen LogP contribution < -0.4 is 4.31 Å². The summed E-state index contributed by atoms with van der Waals surface area (Å²) in [6.45, 7) is 0. The van der Waals surface area contributed by atoms with Crippen LogP contribution in [0.15, 0.2) is 53.4 Å². The third-order valence-electron chi connectivity index (χ3n) is 2.64. The standard InChI is InChI=1S/C13H11F2NO2S/c1-16(12-4-2-3-11(15)9-12)19(17,18)13-7-5-10(14)6-8-13/h2-9H,1H3. The van der Waals surface area contributed by atoms with Crippen LogP contribution >= 0.6 is 0 Å². The van der Waals surface area contributed by atoms with Crippen molar-refractivity contribution in [1.82, 2.24) is 0 Å². The molecule has 0 N–H and O–H groups in total. The molecule has 3 nitrogen and oxygen atoms in total. The maximum atomic E-state index is 13.1. The normalized spacial score (nSPS) is 11.3. The van der Waals surface area contributed by atoms with Gasteiger partial charge in [-0.2, -0.15) is 0 Å². The Hall–Kier alpha value is -1.95. The first-order valence-corrected chi connectivity index (χ1v) is 6.85. The fourth-order valence-corrected chi connectivity index (χ4v) is 2.76. The Morgan fingerprint density at radius 1 is 0.947 bits per heavy atom. The van der Waals surface area contributed by atoms with Gasteiger partial charge in [-0.3, -0.25) is 4.31 Å². The van der Waals surface area contributed by atoms with E-state index >= 15 is 0 Å². The molecule has 0 aliphatic rings. The summed E-state index contributed by atoms with van der Waals surface area (Å²) in [5, 5.41) is 0. The molecule has 0 aromatic heterocycles. The van der Waals surface area contributed by atoms with Gasteiger partial charge in [-0.05, 0) is 42.5 Å². The summed E-state index contributed by atoms with van der Waals surface area (Å²) >= 11 is 0. The topological polar surface area (TPSA) is 37.4 Å². The molecule has 100 valence electrons. The number of benzene rings is 2. The zero-order chi connectivity index (χ0) is 14.0. The average Bonchev–Trinajstić information content (AvgIpc) is 2.38. The Kier molecular flexibility index (Phi) is 3.53. The van der Waals surface area contributed by atoms with E-state index in [1.807, 2.05) is 0 Å². The molecule has 2 aromatic carbocycles. The molecular weight excluding hydrogens is 272 g/mol. The van der Waals surface area contributed by atoms with E-state index in [4.69, 9.17) is 0 Å². The highest BCUT2D eigenvalue weighted by Crippen LogP contribution is 2.22. The molecule has 0 saturated heterocycles. The maximum absolute atomic E-state index is 13.1. The molecule has 0 atom stereocenters. The Morgan fingerprint density at radius 2 is 1.58 bits per heavy atom. The highest BCUT2D eigenvalue weighted by atomic mass is 32.2. The summed E-state index contributed by atoms with van der Waals surface area (Å²) in [5.41, 5.74) is 0.198. The number of halogens is 2. The molecule has 0 saturated carbocycles. The van der Waals surface area contributed by atoms with Gasteiger partial charge in [-0.25, -0.2) is 17.2 Å². The summed E-state index contributed by atoms with van der Waals surface area (Å²) in [4.78, 5) is -0.0549. The molecule has 0 aliphatic carbocycles. The smallest absolute Gasteiger partial charge is 0.264 e. The molecule has 0 amide bonds. The van der Waals surface area contributed by atoms with E-state index in [1.165, 1.54) is 37.4 Å². The van der Waals surface area contributed by atoms with Crippen molar-refractivity contribution in [3.63, 3.8) is 0 Å². The molecule has 0 bridgehead atoms. The molecule has 0 radical (unpaired) electrons. The van der Waals surface area contributed by atoms with Crippen molar-refractivity contribution >= 4 is 15.7 Å². The predicted octanol–water partition coefficient (Wildman–Crippen LogP) is 2.79. The lowest BCUT2D eigenvalue weighted by atomic mass is 10.3. The second-order valence-corrected chi connectivity index (χ2v) is 5.88. The van der Waals surface area contributed by atoms with Gasteiger partial charge in [0.05, 0.1) is 10.6 Å². The van der Waals surface area contributed by atoms with Crippen LogP contribution in [0.2, 0.25) is 0 Å². The molecule has 0 fully saturated rings. The third-order valence-corrected chi connectivity index (χ3v) is 4.44. The predicted molar refractivity (Wildman–Crippen MR) is 68.4 cm³/mol. The van der Waals surface area contributed by atoms with Crippen molar-refractivity contribution in [3.8, 4) is 0 Å². The van der Waals surface area contributed by atoms with Crippen LogP contribution in [0.25, 0.3) is 0 Å². The largest absolute Gasteiger partial charge is 0.269 e. The van der Waals surface area contributed by atoms with Gasteiger partial charge in [0.2, 0.25) is 0 Å². The van der Waals surface area contributed by atoms with E-state index < -0.39 is 21.7 Å². The Morgan fingerprint density at radius 3 is 2.16 bits per heavy atom. The number of anilines is 1. The van der Waals surface area contributed by atoms with Crippen LogP contribution in [-0.4, -0.2) is 15.5 Å². The molecule has 0 heterocycles. The lowest BCUT2D eigenvalue weighted by Crippen LogP contribution is -2.26. The Labute approximate surface area is 110 Å². The van der Waals surface area contributed by atoms with E-state index in [9.17, 15) is 17.2 Å². The summed E-state index contributed by atoms with van der Waals surface area (Å²) in [7, 11) is -2.51. The third kappa shape index (κ3) is 2.73. The lowest BCUT2D eigenvalue weighted by molar-refractivity contribution is 0.592. The van der Waals surface area contributed by atoms with E-state index in [2.05, 4.69) is 0 Å². The molecule has 0 spiro atoms. The monoisotopic (exact) mass is 283 g/mol. The SMILES string of the molecule is CN(c1cccc(F)c1)S(=O)(=O)c1ccc(F)cc1. The van der Waals surface area contributed by atoms with Crippen LogP contribution in [0.3, 0.4) is 0 Å². The average molecular weight is 283 g/mol. The van der Waals surface area contributed by atoms with Gasteiger partial charge in [0.1, 0.15) is 11.6 Å². The number of sulfonamides is 1. The van der Waals surface area contributed by atoms with E-state index in [1.54, 1.807) is 0 Å². The second kappa shape index (κ2) is 4.97.